The van der Waals surface area contributed by atoms with Gasteiger partial charge >= 0.3 is 5.97 Å². The smallest absolute Gasteiger partial charge is 0.325 e. The van der Waals surface area contributed by atoms with Gasteiger partial charge in [0.1, 0.15) is 12.4 Å². The number of aromatic nitrogens is 2. The van der Waals surface area contributed by atoms with Crippen LogP contribution in [0.2, 0.25) is 0 Å². The summed E-state index contributed by atoms with van der Waals surface area (Å²) < 4.78 is 14.9. The minimum Gasteiger partial charge on any atom is -0.480 e. The maximum Gasteiger partial charge on any atom is 0.325 e. The van der Waals surface area contributed by atoms with Crippen molar-refractivity contribution in [1.29, 1.82) is 0 Å². The van der Waals surface area contributed by atoms with Crippen molar-refractivity contribution >= 4 is 16.7 Å². The van der Waals surface area contributed by atoms with Gasteiger partial charge in [-0.3, -0.25) is 9.59 Å². The summed E-state index contributed by atoms with van der Waals surface area (Å²) in [5, 5.41) is 13.2. The van der Waals surface area contributed by atoms with Crippen molar-refractivity contribution in [2.24, 2.45) is 0 Å². The molecule has 106 valence electrons. The summed E-state index contributed by atoms with van der Waals surface area (Å²) in [6.07, 6.45) is 0. The Balaban J connectivity index is 2.91. The lowest BCUT2D eigenvalue weighted by Crippen LogP contribution is -2.29. The Morgan fingerprint density at radius 3 is 2.65 bits per heavy atom. The number of rotatable bonds is 3. The largest absolute Gasteiger partial charge is 0.480 e. The average Bonchev–Trinajstić information content (AvgIpc) is 2.30. The zero-order chi connectivity index (χ0) is 15.0. The van der Waals surface area contributed by atoms with Crippen molar-refractivity contribution < 1.29 is 14.3 Å². The predicted molar refractivity (Wildman–Crippen MR) is 72.4 cm³/mol. The molecule has 0 bridgehead atoms. The summed E-state index contributed by atoms with van der Waals surface area (Å²) in [5.41, 5.74) is 0.488. The minimum absolute atomic E-state index is 0.0562. The number of aliphatic carboxylic acids is 1. The van der Waals surface area contributed by atoms with Crippen LogP contribution in [0.3, 0.4) is 0 Å². The summed E-state index contributed by atoms with van der Waals surface area (Å²) in [7, 11) is 0. The van der Waals surface area contributed by atoms with Crippen molar-refractivity contribution in [2.45, 2.75) is 33.2 Å². The summed E-state index contributed by atoms with van der Waals surface area (Å²) in [6.45, 7) is 4.87. The lowest BCUT2D eigenvalue weighted by atomic mass is 10.0. The van der Waals surface area contributed by atoms with Gasteiger partial charge in [-0.15, -0.1) is 0 Å². The summed E-state index contributed by atoms with van der Waals surface area (Å²) >= 11 is 0. The molecule has 1 heterocycles. The lowest BCUT2D eigenvalue weighted by molar-refractivity contribution is -0.138. The summed E-state index contributed by atoms with van der Waals surface area (Å²) in [5.74, 6) is -1.89. The zero-order valence-electron chi connectivity index (χ0n) is 11.5. The van der Waals surface area contributed by atoms with E-state index in [2.05, 4.69) is 5.10 Å². The van der Waals surface area contributed by atoms with Gasteiger partial charge in [0, 0.05) is 5.39 Å². The van der Waals surface area contributed by atoms with Crippen LogP contribution in [0.5, 0.6) is 0 Å². The van der Waals surface area contributed by atoms with E-state index in [4.69, 9.17) is 5.11 Å². The molecule has 0 spiro atoms. The van der Waals surface area contributed by atoms with Crippen LogP contribution in [-0.2, 0) is 11.3 Å². The monoisotopic (exact) mass is 278 g/mol. The second-order valence-electron chi connectivity index (χ2n) is 5.07. The van der Waals surface area contributed by atoms with Gasteiger partial charge in [0.25, 0.3) is 5.56 Å². The van der Waals surface area contributed by atoms with Crippen molar-refractivity contribution in [3.05, 3.63) is 39.6 Å². The average molecular weight is 278 g/mol. The molecular weight excluding hydrogens is 263 g/mol. The van der Waals surface area contributed by atoms with Gasteiger partial charge in [0.2, 0.25) is 0 Å². The van der Waals surface area contributed by atoms with E-state index in [9.17, 15) is 14.0 Å². The van der Waals surface area contributed by atoms with Crippen LogP contribution in [0.15, 0.2) is 16.9 Å². The van der Waals surface area contributed by atoms with Gasteiger partial charge < -0.3 is 5.11 Å². The van der Waals surface area contributed by atoms with Crippen LogP contribution >= 0.6 is 0 Å². The Hall–Kier alpha value is -2.24. The number of hydrogen-bond donors (Lipinski definition) is 1. The van der Waals surface area contributed by atoms with Crippen LogP contribution in [0.1, 0.15) is 31.0 Å². The Kier molecular flexibility index (Phi) is 3.57. The number of aryl methyl sites for hydroxylation is 1. The molecule has 6 heteroatoms. The summed E-state index contributed by atoms with van der Waals surface area (Å²) in [4.78, 5) is 23.0. The molecule has 0 aliphatic rings. The van der Waals surface area contributed by atoms with Gasteiger partial charge in [-0.2, -0.15) is 5.10 Å². The molecular formula is C14H15FN2O3. The number of carbonyl (C=O) groups is 1. The maximum absolute atomic E-state index is 14.1. The highest BCUT2D eigenvalue weighted by molar-refractivity contribution is 5.85. The first-order chi connectivity index (χ1) is 9.31. The third-order valence-corrected chi connectivity index (χ3v) is 3.02. The highest BCUT2D eigenvalue weighted by atomic mass is 19.1. The van der Waals surface area contributed by atoms with E-state index < -0.39 is 23.9 Å². The van der Waals surface area contributed by atoms with Gasteiger partial charge in [-0.1, -0.05) is 13.8 Å². The predicted octanol–water partition coefficient (Wildman–Crippen LogP) is 2.05. The first kappa shape index (κ1) is 14.2. The molecule has 2 aromatic rings. The second kappa shape index (κ2) is 5.03. The SMILES string of the molecule is Cc1cc(F)c2c(=O)n(CC(=O)O)nc(C(C)C)c2c1. The molecule has 0 unspecified atom stereocenters. The number of hydrogen-bond acceptors (Lipinski definition) is 3. The molecule has 0 radical (unpaired) electrons. The van der Waals surface area contributed by atoms with Crippen LogP contribution in [0.4, 0.5) is 4.39 Å². The van der Waals surface area contributed by atoms with Crippen molar-refractivity contribution in [3.63, 3.8) is 0 Å². The molecule has 1 aromatic carbocycles. The number of carboxylic acids is 1. The highest BCUT2D eigenvalue weighted by Crippen LogP contribution is 2.24. The third kappa shape index (κ3) is 2.41. The van der Waals surface area contributed by atoms with Gasteiger partial charge in [0.15, 0.2) is 0 Å². The van der Waals surface area contributed by atoms with Crippen molar-refractivity contribution in [2.75, 3.05) is 0 Å². The first-order valence-electron chi connectivity index (χ1n) is 6.24. The summed E-state index contributed by atoms with van der Waals surface area (Å²) in [6, 6.07) is 2.96. The molecule has 5 nitrogen and oxygen atoms in total. The van der Waals surface area contributed by atoms with Crippen LogP contribution in [0, 0.1) is 12.7 Å². The van der Waals surface area contributed by atoms with Gasteiger partial charge in [0.05, 0.1) is 11.1 Å². The number of benzene rings is 1. The van der Waals surface area contributed by atoms with Gasteiger partial charge in [-0.05, 0) is 30.5 Å². The minimum atomic E-state index is -1.19. The number of halogens is 1. The fourth-order valence-corrected chi connectivity index (χ4v) is 2.18. The van der Waals surface area contributed by atoms with Crippen molar-refractivity contribution in [1.82, 2.24) is 9.78 Å². The quantitative estimate of drug-likeness (QED) is 0.932. The normalized spacial score (nSPS) is 11.2. The van der Waals surface area contributed by atoms with E-state index in [0.717, 1.165) is 4.68 Å². The Labute approximate surface area is 114 Å². The third-order valence-electron chi connectivity index (χ3n) is 3.02. The van der Waals surface area contributed by atoms with E-state index in [1.807, 2.05) is 13.8 Å². The molecule has 20 heavy (non-hydrogen) atoms. The van der Waals surface area contributed by atoms with E-state index in [1.165, 1.54) is 6.07 Å². The van der Waals surface area contributed by atoms with E-state index in [0.29, 0.717) is 16.6 Å². The number of nitrogens with zero attached hydrogens (tertiary/aromatic N) is 2. The Morgan fingerprint density at radius 2 is 2.10 bits per heavy atom. The van der Waals surface area contributed by atoms with Crippen LogP contribution in [-0.4, -0.2) is 20.9 Å². The number of carboxylic acid groups (broad SMARTS) is 1. The maximum atomic E-state index is 14.1. The van der Waals surface area contributed by atoms with E-state index >= 15 is 0 Å². The molecule has 0 fully saturated rings. The lowest BCUT2D eigenvalue weighted by Gasteiger charge is -2.13. The van der Waals surface area contributed by atoms with Crippen LogP contribution < -0.4 is 5.56 Å². The number of fused-ring (bicyclic) bond motifs is 1. The molecule has 0 atom stereocenters. The van der Waals surface area contributed by atoms with E-state index in [-0.39, 0.29) is 11.3 Å². The van der Waals surface area contributed by atoms with Crippen LogP contribution in [0.25, 0.3) is 10.8 Å². The fraction of sp³-hybridized carbons (Fsp3) is 0.357. The molecule has 0 aliphatic carbocycles. The Morgan fingerprint density at radius 1 is 1.45 bits per heavy atom. The van der Waals surface area contributed by atoms with Gasteiger partial charge in [-0.25, -0.2) is 9.07 Å². The molecule has 1 aromatic heterocycles. The Bertz CT molecular complexity index is 750. The molecule has 0 amide bonds. The zero-order valence-corrected chi connectivity index (χ0v) is 11.5. The standard InChI is InChI=1S/C14H15FN2O3/c1-7(2)13-9-4-8(3)5-10(15)12(9)14(20)17(16-13)6-11(18)19/h4-5,7H,6H2,1-3H3,(H,18,19). The van der Waals surface area contributed by atoms with Crippen molar-refractivity contribution in [3.8, 4) is 0 Å². The van der Waals surface area contributed by atoms with E-state index in [1.54, 1.807) is 13.0 Å². The molecule has 2 rings (SSSR count). The molecule has 1 N–H and O–H groups in total. The molecule has 0 saturated heterocycles. The molecule has 0 aliphatic heterocycles. The highest BCUT2D eigenvalue weighted by Gasteiger charge is 2.18. The topological polar surface area (TPSA) is 72.2 Å². The fourth-order valence-electron chi connectivity index (χ4n) is 2.18. The second-order valence-corrected chi connectivity index (χ2v) is 5.07. The first-order valence-corrected chi connectivity index (χ1v) is 6.24. The molecule has 0 saturated carbocycles.